The zero-order valence-electron chi connectivity index (χ0n) is 24.2. The second kappa shape index (κ2) is 11.6. The molecule has 2 aromatic carbocycles. The van der Waals surface area contributed by atoms with E-state index in [4.69, 9.17) is 24.0 Å². The molecule has 0 aromatic heterocycles. The number of halogens is 1. The summed E-state index contributed by atoms with van der Waals surface area (Å²) in [5, 5.41) is 3.01. The van der Waals surface area contributed by atoms with Crippen LogP contribution in [0.1, 0.15) is 67.9 Å². The van der Waals surface area contributed by atoms with E-state index < -0.39 is 23.9 Å². The molecule has 9 heteroatoms. The molecule has 2 bridgehead atoms. The molecule has 4 saturated heterocycles. The fourth-order valence-electron chi connectivity index (χ4n) is 7.17. The third-order valence-electron chi connectivity index (χ3n) is 9.52. The van der Waals surface area contributed by atoms with Gasteiger partial charge >= 0.3 is 0 Å². The van der Waals surface area contributed by atoms with Crippen LogP contribution in [0.25, 0.3) is 6.08 Å². The van der Waals surface area contributed by atoms with Gasteiger partial charge in [0.15, 0.2) is 17.7 Å². The molecule has 1 aliphatic carbocycles. The van der Waals surface area contributed by atoms with Gasteiger partial charge in [0.1, 0.15) is 18.7 Å². The lowest BCUT2D eigenvalue weighted by Crippen LogP contribution is -2.72. The number of hydrogen-bond donors (Lipinski definition) is 1. The molecule has 42 heavy (non-hydrogen) atoms. The molecule has 4 aliphatic heterocycles. The fraction of sp³-hybridized carbons (Fsp3) is 0.515. The highest BCUT2D eigenvalue weighted by molar-refractivity contribution is 6.06. The summed E-state index contributed by atoms with van der Waals surface area (Å²) in [6.45, 7) is 6.30. The highest BCUT2D eigenvalue weighted by atomic mass is 19.1. The van der Waals surface area contributed by atoms with E-state index in [-0.39, 0.29) is 48.5 Å². The first-order valence-corrected chi connectivity index (χ1v) is 14.8. The Morgan fingerprint density at radius 2 is 1.83 bits per heavy atom. The van der Waals surface area contributed by atoms with Crippen molar-refractivity contribution in [3.63, 3.8) is 0 Å². The maximum absolute atomic E-state index is 13.8. The van der Waals surface area contributed by atoms with E-state index in [2.05, 4.69) is 19.2 Å². The molecular weight excluding hydrogens is 541 g/mol. The van der Waals surface area contributed by atoms with Crippen molar-refractivity contribution in [1.82, 2.24) is 5.32 Å². The zero-order chi connectivity index (χ0) is 29.5. The standard InChI is InChI=1S/C33H38FNO7/c1-20-8-14-26-21(2)30(39-31-33(26)25(20)16-17-32(3,40-31)41-42-33)35-29(37)19-38-18-22-9-11-24(12-10-22)28(36)15-13-23-6-4-5-7-27(23)34/h4-7,9-13,15,20-21,25-26,30-31H,8,14,16-19H2,1-3H3,(H,35,37)/b15-13+/t20-,21-,25+,26+,30-,31-,32-,33-/m1/s1. The van der Waals surface area contributed by atoms with Gasteiger partial charge in [-0.25, -0.2) is 14.2 Å². The molecule has 1 amide bonds. The lowest BCUT2D eigenvalue weighted by atomic mass is 9.58. The minimum atomic E-state index is -0.869. The number of ketones is 1. The van der Waals surface area contributed by atoms with Crippen LogP contribution >= 0.6 is 0 Å². The molecule has 5 fully saturated rings. The Morgan fingerprint density at radius 1 is 1.05 bits per heavy atom. The first-order valence-electron chi connectivity index (χ1n) is 14.8. The van der Waals surface area contributed by atoms with Crippen molar-refractivity contribution in [2.45, 2.75) is 77.0 Å². The number of fused-ring (bicyclic) bond motifs is 2. The molecular formula is C33H38FNO7. The largest absolute Gasteiger partial charge is 0.367 e. The monoisotopic (exact) mass is 579 g/mol. The Bertz CT molecular complexity index is 1350. The van der Waals surface area contributed by atoms with Gasteiger partial charge in [0, 0.05) is 29.4 Å². The van der Waals surface area contributed by atoms with E-state index in [1.807, 2.05) is 6.92 Å². The van der Waals surface area contributed by atoms with E-state index in [0.717, 1.165) is 31.2 Å². The van der Waals surface area contributed by atoms with Crippen molar-refractivity contribution < 1.29 is 38.0 Å². The van der Waals surface area contributed by atoms with E-state index in [9.17, 15) is 14.0 Å². The average molecular weight is 580 g/mol. The summed E-state index contributed by atoms with van der Waals surface area (Å²) >= 11 is 0. The number of rotatable bonds is 8. The normalized spacial score (nSPS) is 35.4. The van der Waals surface area contributed by atoms with E-state index >= 15 is 0 Å². The minimum absolute atomic E-state index is 0.00706. The molecule has 1 spiro atoms. The maximum Gasteiger partial charge on any atom is 0.248 e. The number of benzene rings is 2. The van der Waals surface area contributed by atoms with Crippen molar-refractivity contribution in [2.75, 3.05) is 6.61 Å². The Labute approximate surface area is 245 Å². The van der Waals surface area contributed by atoms with Gasteiger partial charge in [0.05, 0.1) is 6.61 Å². The van der Waals surface area contributed by atoms with Crippen LogP contribution in [0.3, 0.4) is 0 Å². The number of nitrogens with one attached hydrogen (secondary N) is 1. The van der Waals surface area contributed by atoms with Crippen LogP contribution in [0.2, 0.25) is 0 Å². The molecule has 1 saturated carbocycles. The van der Waals surface area contributed by atoms with Crippen molar-refractivity contribution >= 4 is 17.8 Å². The number of ether oxygens (including phenoxy) is 3. The van der Waals surface area contributed by atoms with Gasteiger partial charge in [-0.2, -0.15) is 0 Å². The Kier molecular flexibility index (Phi) is 8.06. The first kappa shape index (κ1) is 29.1. The molecule has 8 atom stereocenters. The van der Waals surface area contributed by atoms with Crippen molar-refractivity contribution in [3.05, 3.63) is 77.1 Å². The summed E-state index contributed by atoms with van der Waals surface area (Å²) in [7, 11) is 0. The SMILES string of the molecule is C[C@H]1[C@H](NC(=O)COCc2ccc(C(=O)/C=C/c3ccccc3F)cc2)O[C@@H]2O[C@@]3(C)CC[C@H]4[C@H](C)CC[C@@H]1[C@@]24OO3. The van der Waals surface area contributed by atoms with Crippen LogP contribution in [0.15, 0.2) is 54.6 Å². The molecule has 0 unspecified atom stereocenters. The molecule has 4 heterocycles. The minimum Gasteiger partial charge on any atom is -0.367 e. The molecule has 7 rings (SSSR count). The number of amides is 1. The number of carbonyl (C=O) groups is 2. The number of carbonyl (C=O) groups excluding carboxylic acids is 2. The Balaban J connectivity index is 1.02. The van der Waals surface area contributed by atoms with Crippen LogP contribution in [-0.2, 0) is 35.4 Å². The lowest BCUT2D eigenvalue weighted by Gasteiger charge is -2.60. The molecule has 1 N–H and O–H groups in total. The Hall–Kier alpha value is -2.95. The van der Waals surface area contributed by atoms with Crippen molar-refractivity contribution in [1.29, 1.82) is 0 Å². The van der Waals surface area contributed by atoms with E-state index in [0.29, 0.717) is 17.0 Å². The molecule has 224 valence electrons. The average Bonchev–Trinajstić information content (AvgIpc) is 3.21. The summed E-state index contributed by atoms with van der Waals surface area (Å²) in [4.78, 5) is 37.4. The molecule has 2 aromatic rings. The third-order valence-corrected chi connectivity index (χ3v) is 9.52. The van der Waals surface area contributed by atoms with Gasteiger partial charge in [-0.3, -0.25) is 9.59 Å². The summed E-state index contributed by atoms with van der Waals surface area (Å²) in [6.07, 6.45) is 5.37. The van der Waals surface area contributed by atoms with Crippen molar-refractivity contribution in [3.8, 4) is 0 Å². The summed E-state index contributed by atoms with van der Waals surface area (Å²) in [5.74, 6) is -0.925. The number of allylic oxidation sites excluding steroid dienone is 1. The highest BCUT2D eigenvalue weighted by Gasteiger charge is 2.69. The van der Waals surface area contributed by atoms with E-state index in [1.54, 1.807) is 42.5 Å². The molecule has 8 nitrogen and oxygen atoms in total. The highest BCUT2D eigenvalue weighted by Crippen LogP contribution is 2.60. The fourth-order valence-corrected chi connectivity index (χ4v) is 7.17. The predicted octanol–water partition coefficient (Wildman–Crippen LogP) is 5.56. The lowest BCUT2D eigenvalue weighted by molar-refractivity contribution is -0.571. The van der Waals surface area contributed by atoms with Crippen LogP contribution in [0.5, 0.6) is 0 Å². The first-order chi connectivity index (χ1) is 20.2. The van der Waals surface area contributed by atoms with Gasteiger partial charge < -0.3 is 19.5 Å². The van der Waals surface area contributed by atoms with Crippen molar-refractivity contribution in [2.24, 2.45) is 23.7 Å². The molecule has 5 aliphatic rings. The zero-order valence-corrected chi connectivity index (χ0v) is 24.2. The van der Waals surface area contributed by atoms with Gasteiger partial charge in [-0.05, 0) is 61.8 Å². The smallest absolute Gasteiger partial charge is 0.248 e. The van der Waals surface area contributed by atoms with Gasteiger partial charge in [0.2, 0.25) is 11.7 Å². The summed E-state index contributed by atoms with van der Waals surface area (Å²) in [5.41, 5.74) is 0.968. The Morgan fingerprint density at radius 3 is 2.62 bits per heavy atom. The maximum atomic E-state index is 13.8. The van der Waals surface area contributed by atoms with Crippen LogP contribution in [0, 0.1) is 29.5 Å². The molecule has 0 radical (unpaired) electrons. The predicted molar refractivity (Wildman–Crippen MR) is 151 cm³/mol. The van der Waals surface area contributed by atoms with Crippen LogP contribution in [0.4, 0.5) is 4.39 Å². The topological polar surface area (TPSA) is 92.3 Å². The van der Waals surface area contributed by atoms with Gasteiger partial charge in [0.25, 0.3) is 0 Å². The second-order valence-electron chi connectivity index (χ2n) is 12.3. The van der Waals surface area contributed by atoms with Gasteiger partial charge in [-0.1, -0.05) is 56.3 Å². The summed E-state index contributed by atoms with van der Waals surface area (Å²) < 4.78 is 32.2. The van der Waals surface area contributed by atoms with Gasteiger partial charge in [-0.15, -0.1) is 0 Å². The third kappa shape index (κ3) is 5.44. The van der Waals surface area contributed by atoms with E-state index in [1.165, 1.54) is 18.2 Å². The van der Waals surface area contributed by atoms with Crippen LogP contribution < -0.4 is 5.32 Å². The van der Waals surface area contributed by atoms with Crippen LogP contribution in [-0.4, -0.2) is 42.2 Å². The summed E-state index contributed by atoms with van der Waals surface area (Å²) in [6, 6.07) is 13.2. The number of hydrogen-bond acceptors (Lipinski definition) is 7. The second-order valence-corrected chi connectivity index (χ2v) is 12.3. The quantitative estimate of drug-likeness (QED) is 0.249.